The van der Waals surface area contributed by atoms with Gasteiger partial charge in [-0.25, -0.2) is 0 Å². The third kappa shape index (κ3) is 6.33. The van der Waals surface area contributed by atoms with Crippen molar-refractivity contribution < 1.29 is 9.53 Å². The Balaban J connectivity index is 0.00000288. The summed E-state index contributed by atoms with van der Waals surface area (Å²) < 4.78 is 6.03. The van der Waals surface area contributed by atoms with Gasteiger partial charge in [0.05, 0.1) is 0 Å². The van der Waals surface area contributed by atoms with Crippen molar-refractivity contribution in [3.05, 3.63) is 29.3 Å². The fourth-order valence-corrected chi connectivity index (χ4v) is 3.06. The molecule has 1 aliphatic carbocycles. The van der Waals surface area contributed by atoms with Crippen molar-refractivity contribution >= 4 is 18.3 Å². The maximum Gasteiger partial charge on any atom is 0.220 e. The van der Waals surface area contributed by atoms with E-state index in [1.807, 2.05) is 45.9 Å². The second-order valence-electron chi connectivity index (χ2n) is 7.66. The van der Waals surface area contributed by atoms with E-state index in [2.05, 4.69) is 5.32 Å². The number of hydrogen-bond donors (Lipinski definition) is 2. The third-order valence-electron chi connectivity index (χ3n) is 4.28. The van der Waals surface area contributed by atoms with Gasteiger partial charge in [-0.05, 0) is 58.1 Å². The van der Waals surface area contributed by atoms with Gasteiger partial charge >= 0.3 is 0 Å². The predicted octanol–water partition coefficient (Wildman–Crippen LogP) is 3.73. The molecule has 4 nitrogen and oxygen atoms in total. The van der Waals surface area contributed by atoms with Crippen LogP contribution in [0.5, 0.6) is 5.75 Å². The molecule has 1 amide bonds. The minimum atomic E-state index is -0.261. The topological polar surface area (TPSA) is 64.4 Å². The zero-order chi connectivity index (χ0) is 17.0. The van der Waals surface area contributed by atoms with Gasteiger partial charge in [0.1, 0.15) is 11.4 Å². The van der Waals surface area contributed by atoms with Crippen molar-refractivity contribution in [3.63, 3.8) is 0 Å². The summed E-state index contributed by atoms with van der Waals surface area (Å²) in [5, 5.41) is 3.02. The maximum atomic E-state index is 12.2. The molecule has 0 saturated heterocycles. The molecule has 5 heteroatoms. The highest BCUT2D eigenvalue weighted by molar-refractivity contribution is 5.85. The molecule has 1 saturated carbocycles. The van der Waals surface area contributed by atoms with Crippen LogP contribution < -0.4 is 15.8 Å². The lowest BCUT2D eigenvalue weighted by Gasteiger charge is -2.24. The Morgan fingerprint density at radius 1 is 1.33 bits per heavy atom. The number of nitrogens with two attached hydrogens (primary N) is 1. The first-order chi connectivity index (χ1) is 10.7. The van der Waals surface area contributed by atoms with E-state index in [0.717, 1.165) is 36.1 Å². The highest BCUT2D eigenvalue weighted by Crippen LogP contribution is 2.27. The molecular weight excluding hydrogens is 324 g/mol. The fourth-order valence-electron chi connectivity index (χ4n) is 3.06. The molecule has 2 rings (SSSR count). The molecule has 1 aromatic carbocycles. The number of rotatable bonds is 5. The first-order valence-corrected chi connectivity index (χ1v) is 8.55. The first kappa shape index (κ1) is 20.8. The van der Waals surface area contributed by atoms with Crippen LogP contribution in [-0.4, -0.2) is 17.6 Å². The lowest BCUT2D eigenvalue weighted by molar-refractivity contribution is -0.122. The summed E-state index contributed by atoms with van der Waals surface area (Å²) in [6.45, 7) is 8.61. The lowest BCUT2D eigenvalue weighted by Crippen LogP contribution is -2.31. The van der Waals surface area contributed by atoms with E-state index in [4.69, 9.17) is 10.5 Å². The van der Waals surface area contributed by atoms with Crippen molar-refractivity contribution in [1.82, 2.24) is 5.32 Å². The second kappa shape index (κ2) is 8.72. The summed E-state index contributed by atoms with van der Waals surface area (Å²) in [4.78, 5) is 12.2. The number of nitrogens with one attached hydrogen (secondary N) is 1. The standard InChI is InChI=1S/C19H30N2O2.ClH/c1-13-8-9-15(17(10-13)23-19(2,3)4)12-21-18(22)11-14-6-5-7-16(14)20;/h8-10,14,16H,5-7,11-12,20H2,1-4H3,(H,21,22);1H/t14-,16+;/m0./s1. The Hall–Kier alpha value is -1.26. The summed E-state index contributed by atoms with van der Waals surface area (Å²) in [6, 6.07) is 6.28. The number of halogens is 1. The second-order valence-corrected chi connectivity index (χ2v) is 7.66. The molecule has 0 bridgehead atoms. The van der Waals surface area contributed by atoms with E-state index < -0.39 is 0 Å². The number of hydrogen-bond acceptors (Lipinski definition) is 3. The van der Waals surface area contributed by atoms with Gasteiger partial charge in [0, 0.05) is 24.6 Å². The average Bonchev–Trinajstić information content (AvgIpc) is 2.81. The van der Waals surface area contributed by atoms with Gasteiger partial charge < -0.3 is 15.8 Å². The highest BCUT2D eigenvalue weighted by Gasteiger charge is 2.26. The molecule has 0 unspecified atom stereocenters. The van der Waals surface area contributed by atoms with Gasteiger partial charge in [-0.15, -0.1) is 12.4 Å². The highest BCUT2D eigenvalue weighted by atomic mass is 35.5. The van der Waals surface area contributed by atoms with Crippen molar-refractivity contribution in [3.8, 4) is 5.75 Å². The number of amides is 1. The molecule has 0 radical (unpaired) electrons. The van der Waals surface area contributed by atoms with E-state index in [-0.39, 0.29) is 30.0 Å². The SMILES string of the molecule is Cc1ccc(CNC(=O)C[C@@H]2CCC[C@H]2N)c(OC(C)(C)C)c1.Cl. The quantitative estimate of drug-likeness (QED) is 0.846. The number of aryl methyl sites for hydroxylation is 1. The molecular formula is C19H31ClN2O2. The van der Waals surface area contributed by atoms with Crippen LogP contribution in [0.15, 0.2) is 18.2 Å². The monoisotopic (exact) mass is 354 g/mol. The van der Waals surface area contributed by atoms with E-state index in [1.54, 1.807) is 0 Å². The molecule has 2 atom stereocenters. The molecule has 1 fully saturated rings. The van der Waals surface area contributed by atoms with Crippen LogP contribution in [-0.2, 0) is 11.3 Å². The van der Waals surface area contributed by atoms with E-state index in [0.29, 0.717) is 18.9 Å². The number of benzene rings is 1. The van der Waals surface area contributed by atoms with Crippen molar-refractivity contribution in [2.24, 2.45) is 11.7 Å². The van der Waals surface area contributed by atoms with Crippen LogP contribution in [0.25, 0.3) is 0 Å². The maximum absolute atomic E-state index is 12.2. The minimum absolute atomic E-state index is 0. The van der Waals surface area contributed by atoms with Gasteiger partial charge in [-0.2, -0.15) is 0 Å². The Kier molecular flexibility index (Phi) is 7.56. The van der Waals surface area contributed by atoms with E-state index >= 15 is 0 Å². The lowest BCUT2D eigenvalue weighted by atomic mass is 10.00. The average molecular weight is 355 g/mol. The van der Waals surface area contributed by atoms with Crippen LogP contribution >= 0.6 is 12.4 Å². The van der Waals surface area contributed by atoms with Crippen LogP contribution in [0, 0.1) is 12.8 Å². The number of ether oxygens (including phenoxy) is 1. The Labute approximate surface area is 151 Å². The van der Waals surface area contributed by atoms with Crippen LogP contribution in [0.1, 0.15) is 57.6 Å². The smallest absolute Gasteiger partial charge is 0.220 e. The Bertz CT molecular complexity index is 555. The van der Waals surface area contributed by atoms with Gasteiger partial charge in [0.2, 0.25) is 5.91 Å². The zero-order valence-electron chi connectivity index (χ0n) is 15.2. The Morgan fingerprint density at radius 3 is 2.62 bits per heavy atom. The molecule has 136 valence electrons. The Morgan fingerprint density at radius 2 is 2.04 bits per heavy atom. The normalized spacial score (nSPS) is 20.4. The summed E-state index contributed by atoms with van der Waals surface area (Å²) in [7, 11) is 0. The molecule has 3 N–H and O–H groups in total. The van der Waals surface area contributed by atoms with E-state index in [1.165, 1.54) is 0 Å². The van der Waals surface area contributed by atoms with E-state index in [9.17, 15) is 4.79 Å². The van der Waals surface area contributed by atoms with Crippen molar-refractivity contribution in [2.45, 2.75) is 71.6 Å². The number of carbonyl (C=O) groups is 1. The predicted molar refractivity (Wildman–Crippen MR) is 101 cm³/mol. The molecule has 24 heavy (non-hydrogen) atoms. The molecule has 1 aromatic rings. The largest absolute Gasteiger partial charge is 0.488 e. The summed E-state index contributed by atoms with van der Waals surface area (Å²) >= 11 is 0. The molecule has 1 aliphatic rings. The van der Waals surface area contributed by atoms with Gasteiger partial charge in [0.25, 0.3) is 0 Å². The van der Waals surface area contributed by atoms with Gasteiger partial charge in [0.15, 0.2) is 0 Å². The fraction of sp³-hybridized carbons (Fsp3) is 0.632. The molecule has 0 spiro atoms. The van der Waals surface area contributed by atoms with Crippen LogP contribution in [0.3, 0.4) is 0 Å². The summed E-state index contributed by atoms with van der Waals surface area (Å²) in [5.41, 5.74) is 7.94. The van der Waals surface area contributed by atoms with Crippen molar-refractivity contribution in [2.75, 3.05) is 0 Å². The van der Waals surface area contributed by atoms with Gasteiger partial charge in [-0.1, -0.05) is 18.6 Å². The number of carbonyl (C=O) groups excluding carboxylic acids is 1. The van der Waals surface area contributed by atoms with Crippen molar-refractivity contribution in [1.29, 1.82) is 0 Å². The van der Waals surface area contributed by atoms with Gasteiger partial charge in [-0.3, -0.25) is 4.79 Å². The molecule has 0 aromatic heterocycles. The third-order valence-corrected chi connectivity index (χ3v) is 4.28. The van der Waals surface area contributed by atoms with Crippen LogP contribution in [0.2, 0.25) is 0 Å². The molecule has 0 heterocycles. The van der Waals surface area contributed by atoms with Crippen LogP contribution in [0.4, 0.5) is 0 Å². The first-order valence-electron chi connectivity index (χ1n) is 8.55. The summed E-state index contributed by atoms with van der Waals surface area (Å²) in [5.74, 6) is 1.25. The molecule has 0 aliphatic heterocycles. The zero-order valence-corrected chi connectivity index (χ0v) is 16.0. The minimum Gasteiger partial charge on any atom is -0.488 e. The summed E-state index contributed by atoms with van der Waals surface area (Å²) in [6.07, 6.45) is 3.78.